The first-order valence-corrected chi connectivity index (χ1v) is 15.6. The van der Waals surface area contributed by atoms with E-state index in [1.807, 2.05) is 0 Å². The molecule has 230 valence electrons. The molecule has 45 heavy (non-hydrogen) atoms. The number of carbonyl (C=O) groups excluding carboxylic acids is 4. The van der Waals surface area contributed by atoms with Crippen LogP contribution in [-0.2, 0) is 9.59 Å². The molecule has 3 amide bonds. The fraction of sp³-hybridized carbons (Fsp3) is 0.267. The van der Waals surface area contributed by atoms with Crippen molar-refractivity contribution in [2.75, 3.05) is 6.54 Å². The van der Waals surface area contributed by atoms with Gasteiger partial charge in [0.15, 0.2) is 5.78 Å². The normalized spacial score (nSPS) is 24.8. The Kier molecular flexibility index (Phi) is 7.99. The Balaban J connectivity index is 1.26. The number of alkyl halides is 2. The third kappa shape index (κ3) is 5.39. The zero-order valence-electron chi connectivity index (χ0n) is 23.0. The Morgan fingerprint density at radius 2 is 1.18 bits per heavy atom. The molecule has 13 nitrogen and oxygen atoms in total. The van der Waals surface area contributed by atoms with Gasteiger partial charge in [-0.05, 0) is 66.8 Å². The molecule has 2 saturated carbocycles. The van der Waals surface area contributed by atoms with Crippen molar-refractivity contribution in [2.24, 2.45) is 23.7 Å². The van der Waals surface area contributed by atoms with Crippen LogP contribution in [0.2, 0.25) is 0 Å². The largest absolute Gasteiger partial charge is 0.457 e. The van der Waals surface area contributed by atoms with Gasteiger partial charge in [-0.3, -0.25) is 39.4 Å². The molecule has 1 saturated heterocycles. The summed E-state index contributed by atoms with van der Waals surface area (Å²) in [4.78, 5) is 75.7. The summed E-state index contributed by atoms with van der Waals surface area (Å²) in [6.07, 6.45) is 0.677. The fourth-order valence-electron chi connectivity index (χ4n) is 6.39. The van der Waals surface area contributed by atoms with Gasteiger partial charge in [-0.2, -0.15) is 5.01 Å². The molecule has 15 heteroatoms. The van der Waals surface area contributed by atoms with Gasteiger partial charge in [-0.25, -0.2) is 5.01 Å². The van der Waals surface area contributed by atoms with Crippen molar-refractivity contribution in [1.82, 2.24) is 10.0 Å². The van der Waals surface area contributed by atoms with E-state index in [1.165, 1.54) is 60.7 Å². The standard InChI is InChI=1S/C30H22Br2N4O9/c31-26-21-13-22(27(26)32)25-24(21)29(39)34(30(25)40)33(28(38)16-1-5-17(6-2-16)35(41)42)14-23(37)15-3-9-19(10-4-15)45-20-11-7-18(8-12-20)36(43)44/h1-12,21-22,24-27H,13-14H2/t21-,22-,24-,25+,26-,27+/m1/s1. The zero-order valence-corrected chi connectivity index (χ0v) is 26.2. The van der Waals surface area contributed by atoms with Gasteiger partial charge in [-0.1, -0.05) is 31.9 Å². The number of imide groups is 1. The first-order chi connectivity index (χ1) is 21.5. The maximum Gasteiger partial charge on any atom is 0.273 e. The van der Waals surface area contributed by atoms with Gasteiger partial charge in [0.2, 0.25) is 0 Å². The molecule has 0 spiro atoms. The van der Waals surface area contributed by atoms with Crippen LogP contribution in [0.4, 0.5) is 11.4 Å². The number of amides is 3. The minimum Gasteiger partial charge on any atom is -0.457 e. The molecule has 1 heterocycles. The molecule has 3 aliphatic rings. The SMILES string of the molecule is O=C(CN(C(=O)c1ccc([N+](=O)[O-])cc1)N1C(=O)[C@@H]2[C@H]3C[C@@H]([C@H](Br)[C@@H]3Br)[C@@H]2C1=O)c1ccc(Oc2ccc([N+](=O)[O-])cc2)cc1. The van der Waals surface area contributed by atoms with Crippen LogP contribution in [-0.4, -0.2) is 59.6 Å². The van der Waals surface area contributed by atoms with Crippen LogP contribution in [0.1, 0.15) is 27.1 Å². The number of hydrogen-bond acceptors (Lipinski definition) is 9. The maximum atomic E-state index is 13.8. The summed E-state index contributed by atoms with van der Waals surface area (Å²) in [7, 11) is 0. The lowest BCUT2D eigenvalue weighted by molar-refractivity contribution is -0.385. The lowest BCUT2D eigenvalue weighted by Gasteiger charge is -2.30. The minimum atomic E-state index is -0.837. The number of Topliss-reactive ketones (excluding diaryl/α,β-unsaturated/α-hetero) is 1. The molecule has 1 aliphatic heterocycles. The van der Waals surface area contributed by atoms with E-state index in [9.17, 15) is 39.4 Å². The number of nitrogens with zero attached hydrogens (tertiary/aromatic N) is 4. The first kappa shape index (κ1) is 30.5. The van der Waals surface area contributed by atoms with Crippen molar-refractivity contribution in [2.45, 2.75) is 16.1 Å². The lowest BCUT2D eigenvalue weighted by Crippen LogP contribution is -2.52. The third-order valence-corrected chi connectivity index (χ3v) is 11.7. The number of hydrogen-bond donors (Lipinski definition) is 0. The Bertz CT molecular complexity index is 1700. The quantitative estimate of drug-likeness (QED) is 0.0927. The molecule has 0 N–H and O–H groups in total. The Morgan fingerprint density at radius 1 is 0.756 bits per heavy atom. The molecule has 3 aromatic rings. The monoisotopic (exact) mass is 740 g/mol. The van der Waals surface area contributed by atoms with Crippen molar-refractivity contribution in [3.8, 4) is 11.5 Å². The second kappa shape index (κ2) is 11.8. The number of nitro groups is 2. The predicted octanol–water partition coefficient (Wildman–Crippen LogP) is 5.31. The van der Waals surface area contributed by atoms with E-state index in [0.717, 1.165) is 22.2 Å². The smallest absolute Gasteiger partial charge is 0.273 e. The van der Waals surface area contributed by atoms with Crippen molar-refractivity contribution >= 4 is 66.7 Å². The number of nitro benzene ring substituents is 2. The summed E-state index contributed by atoms with van der Waals surface area (Å²) in [6.45, 7) is -0.653. The van der Waals surface area contributed by atoms with E-state index in [4.69, 9.17) is 4.74 Å². The maximum absolute atomic E-state index is 13.8. The minimum absolute atomic E-state index is 0.0346. The summed E-state index contributed by atoms with van der Waals surface area (Å²) in [5, 5.41) is 23.6. The number of hydrazine groups is 1. The van der Waals surface area contributed by atoms with Crippen LogP contribution in [0.15, 0.2) is 72.8 Å². The van der Waals surface area contributed by atoms with Gasteiger partial charge in [0.05, 0.1) is 21.7 Å². The molecule has 0 aromatic heterocycles. The number of halogens is 2. The number of ketones is 1. The molecule has 2 bridgehead atoms. The van der Waals surface area contributed by atoms with Gasteiger partial charge in [0.25, 0.3) is 29.1 Å². The molecule has 3 fully saturated rings. The number of rotatable bonds is 9. The van der Waals surface area contributed by atoms with Gasteiger partial charge in [-0.15, -0.1) is 0 Å². The van der Waals surface area contributed by atoms with Crippen LogP contribution in [0.25, 0.3) is 0 Å². The first-order valence-electron chi connectivity index (χ1n) is 13.7. The van der Waals surface area contributed by atoms with Crippen molar-refractivity contribution < 1.29 is 33.8 Å². The number of carbonyl (C=O) groups is 4. The van der Waals surface area contributed by atoms with Crippen LogP contribution in [0.3, 0.4) is 0 Å². The number of non-ortho nitro benzene ring substituents is 2. The molecule has 6 rings (SSSR count). The van der Waals surface area contributed by atoms with Gasteiger partial charge >= 0.3 is 0 Å². The highest BCUT2D eigenvalue weighted by atomic mass is 79.9. The van der Waals surface area contributed by atoms with Crippen LogP contribution < -0.4 is 4.74 Å². The molecule has 6 atom stereocenters. The highest BCUT2D eigenvalue weighted by Gasteiger charge is 2.67. The average Bonchev–Trinajstić information content (AvgIpc) is 3.65. The predicted molar refractivity (Wildman–Crippen MR) is 164 cm³/mol. The van der Waals surface area contributed by atoms with Crippen LogP contribution >= 0.6 is 31.9 Å². The lowest BCUT2D eigenvalue weighted by atomic mass is 9.81. The van der Waals surface area contributed by atoms with Gasteiger partial charge in [0, 0.05) is 45.0 Å². The number of fused-ring (bicyclic) bond motifs is 5. The van der Waals surface area contributed by atoms with E-state index in [1.54, 1.807) is 0 Å². The second-order valence-corrected chi connectivity index (χ2v) is 13.1. The molecule has 0 unspecified atom stereocenters. The van der Waals surface area contributed by atoms with Crippen molar-refractivity contribution in [1.29, 1.82) is 0 Å². The second-order valence-electron chi connectivity index (χ2n) is 11.0. The topological polar surface area (TPSA) is 170 Å². The van der Waals surface area contributed by atoms with E-state index in [2.05, 4.69) is 31.9 Å². The van der Waals surface area contributed by atoms with E-state index in [-0.39, 0.29) is 44.0 Å². The molecule has 0 radical (unpaired) electrons. The molecule has 2 aliphatic carbocycles. The summed E-state index contributed by atoms with van der Waals surface area (Å²) >= 11 is 7.27. The van der Waals surface area contributed by atoms with E-state index >= 15 is 0 Å². The average molecular weight is 742 g/mol. The van der Waals surface area contributed by atoms with E-state index in [0.29, 0.717) is 17.9 Å². The number of benzene rings is 3. The Hall–Kier alpha value is -4.50. The fourth-order valence-corrected chi connectivity index (χ4v) is 8.26. The van der Waals surface area contributed by atoms with Gasteiger partial charge in [0.1, 0.15) is 18.0 Å². The third-order valence-electron chi connectivity index (χ3n) is 8.52. The summed E-state index contributed by atoms with van der Waals surface area (Å²) < 4.78 is 5.69. The highest BCUT2D eigenvalue weighted by Crippen LogP contribution is 2.60. The van der Waals surface area contributed by atoms with Crippen LogP contribution in [0.5, 0.6) is 11.5 Å². The van der Waals surface area contributed by atoms with Crippen molar-refractivity contribution in [3.63, 3.8) is 0 Å². The highest BCUT2D eigenvalue weighted by molar-refractivity contribution is 9.12. The molecule has 3 aromatic carbocycles. The van der Waals surface area contributed by atoms with Crippen LogP contribution in [0, 0.1) is 43.9 Å². The molecular weight excluding hydrogens is 720 g/mol. The zero-order chi connectivity index (χ0) is 32.2. The van der Waals surface area contributed by atoms with Crippen molar-refractivity contribution in [3.05, 3.63) is 104 Å². The Morgan fingerprint density at radius 3 is 1.64 bits per heavy atom. The molecular formula is C30H22Br2N4O9. The summed E-state index contributed by atoms with van der Waals surface area (Å²) in [5.74, 6) is -3.39. The summed E-state index contributed by atoms with van der Waals surface area (Å²) in [5.41, 5.74) is -0.233. The van der Waals surface area contributed by atoms with E-state index < -0.39 is 51.7 Å². The number of ether oxygens (including phenoxy) is 1. The Labute approximate surface area is 271 Å². The van der Waals surface area contributed by atoms with Gasteiger partial charge < -0.3 is 4.74 Å². The summed E-state index contributed by atoms with van der Waals surface area (Å²) in [6, 6.07) is 16.0.